The van der Waals surface area contributed by atoms with Gasteiger partial charge >= 0.3 is 11.9 Å². The first-order valence-electron chi connectivity index (χ1n) is 12.3. The van der Waals surface area contributed by atoms with E-state index in [9.17, 15) is 19.2 Å². The van der Waals surface area contributed by atoms with Crippen LogP contribution in [0, 0.1) is 13.8 Å². The highest BCUT2D eigenvalue weighted by molar-refractivity contribution is 7.20. The van der Waals surface area contributed by atoms with Crippen molar-refractivity contribution in [2.75, 3.05) is 14.2 Å². The molecule has 0 unspecified atom stereocenters. The first-order chi connectivity index (χ1) is 19.2. The number of carbonyl (C=O) groups is 4. The third kappa shape index (κ3) is 3.89. The summed E-state index contributed by atoms with van der Waals surface area (Å²) in [5, 5.41) is 0. The average molecular weight is 574 g/mol. The number of benzene rings is 1. The van der Waals surface area contributed by atoms with Crippen LogP contribution in [0.1, 0.15) is 47.4 Å². The van der Waals surface area contributed by atoms with Crippen molar-refractivity contribution in [3.63, 3.8) is 0 Å². The Morgan fingerprint density at radius 3 is 1.65 bits per heavy atom. The van der Waals surface area contributed by atoms with Crippen molar-refractivity contribution >= 4 is 78.0 Å². The number of hydrogen-bond donors (Lipinski definition) is 2. The Bertz CT molecular complexity index is 1790. The highest BCUT2D eigenvalue weighted by atomic mass is 32.1. The SMILES string of the molecule is COC(=O)c1cc2sc(C)c(C3=C(c4c(C)sc5cc(C(=O)OC)[nH]c45)C(=O)N(Cc4ccccc4)C3=O)c2[nH]1. The molecule has 1 aliphatic heterocycles. The van der Waals surface area contributed by atoms with Crippen LogP contribution in [0.3, 0.4) is 0 Å². The fraction of sp³-hybridized carbons (Fsp3) is 0.172. The lowest BCUT2D eigenvalue weighted by Crippen LogP contribution is -2.31. The lowest BCUT2D eigenvalue weighted by molar-refractivity contribution is -0.136. The van der Waals surface area contributed by atoms with Crippen molar-refractivity contribution in [1.82, 2.24) is 14.9 Å². The minimum Gasteiger partial charge on any atom is -0.464 e. The van der Waals surface area contributed by atoms with Gasteiger partial charge in [-0.25, -0.2) is 9.59 Å². The van der Waals surface area contributed by atoms with E-state index < -0.39 is 23.8 Å². The van der Waals surface area contributed by atoms with Gasteiger partial charge in [-0.3, -0.25) is 14.5 Å². The monoisotopic (exact) mass is 573 g/mol. The molecular weight excluding hydrogens is 550 g/mol. The van der Waals surface area contributed by atoms with Crippen molar-refractivity contribution < 1.29 is 28.7 Å². The van der Waals surface area contributed by atoms with E-state index in [0.29, 0.717) is 22.2 Å². The number of esters is 2. The molecule has 0 bridgehead atoms. The van der Waals surface area contributed by atoms with E-state index in [0.717, 1.165) is 24.7 Å². The third-order valence-corrected chi connectivity index (χ3v) is 9.06. The van der Waals surface area contributed by atoms with E-state index in [2.05, 4.69) is 9.97 Å². The summed E-state index contributed by atoms with van der Waals surface area (Å²) in [5.74, 6) is -1.92. The maximum Gasteiger partial charge on any atom is 0.354 e. The molecule has 202 valence electrons. The van der Waals surface area contributed by atoms with Gasteiger partial charge in [0.1, 0.15) is 11.4 Å². The van der Waals surface area contributed by atoms with Gasteiger partial charge < -0.3 is 19.4 Å². The fourth-order valence-electron chi connectivity index (χ4n) is 5.18. The number of rotatable bonds is 6. The van der Waals surface area contributed by atoms with Gasteiger partial charge in [0.25, 0.3) is 11.8 Å². The second-order valence-corrected chi connectivity index (χ2v) is 11.8. The normalized spacial score (nSPS) is 13.8. The van der Waals surface area contributed by atoms with Crippen molar-refractivity contribution in [3.05, 3.63) is 80.3 Å². The van der Waals surface area contributed by atoms with Crippen LogP contribution in [0.25, 0.3) is 31.6 Å². The molecule has 2 N–H and O–H groups in total. The van der Waals surface area contributed by atoms with Crippen LogP contribution in [-0.2, 0) is 25.6 Å². The molecule has 0 saturated heterocycles. The number of methoxy groups -OCH3 is 2. The Morgan fingerprint density at radius 1 is 0.775 bits per heavy atom. The number of imide groups is 1. The van der Waals surface area contributed by atoms with Gasteiger partial charge in [0.2, 0.25) is 0 Å². The maximum absolute atomic E-state index is 14.2. The Balaban J connectivity index is 1.61. The topological polar surface area (TPSA) is 122 Å². The molecule has 1 aliphatic rings. The number of H-pyrrole nitrogens is 2. The second-order valence-electron chi connectivity index (χ2n) is 9.33. The summed E-state index contributed by atoms with van der Waals surface area (Å²) in [7, 11) is 2.60. The Morgan fingerprint density at radius 2 is 1.23 bits per heavy atom. The van der Waals surface area contributed by atoms with Gasteiger partial charge in [-0.1, -0.05) is 30.3 Å². The molecule has 4 aromatic heterocycles. The van der Waals surface area contributed by atoms with E-state index in [1.54, 1.807) is 12.1 Å². The Hall–Kier alpha value is -4.48. The molecule has 5 heterocycles. The summed E-state index contributed by atoms with van der Waals surface area (Å²) in [6, 6.07) is 12.7. The molecule has 11 heteroatoms. The molecule has 0 aliphatic carbocycles. The molecular formula is C29H23N3O6S2. The number of aryl methyl sites for hydroxylation is 2. The molecule has 5 aromatic rings. The van der Waals surface area contributed by atoms with Crippen molar-refractivity contribution in [2.24, 2.45) is 0 Å². The first-order valence-corrected chi connectivity index (χ1v) is 13.9. The highest BCUT2D eigenvalue weighted by Crippen LogP contribution is 2.47. The molecule has 0 saturated carbocycles. The van der Waals surface area contributed by atoms with E-state index in [1.165, 1.54) is 41.8 Å². The number of ether oxygens (including phenoxy) is 2. The molecule has 0 spiro atoms. The lowest BCUT2D eigenvalue weighted by atomic mass is 9.96. The minimum atomic E-state index is -0.530. The quantitative estimate of drug-likeness (QED) is 0.206. The zero-order valence-electron chi connectivity index (χ0n) is 22.0. The maximum atomic E-state index is 14.2. The summed E-state index contributed by atoms with van der Waals surface area (Å²) >= 11 is 2.84. The molecule has 9 nitrogen and oxygen atoms in total. The standard InChI is InChI=1S/C29H23N3O6S2/c1-13-20(24-18(39-13)10-16(30-24)28(35)37-3)22-23(27(34)32(26(22)33)12-15-8-6-5-7-9-15)21-14(2)40-19-11-17(29(36)38-4)31-25(19)21/h5-11,30-31H,12H2,1-4H3. The van der Waals surface area contributed by atoms with Crippen LogP contribution in [0.5, 0.6) is 0 Å². The first kappa shape index (κ1) is 25.8. The summed E-state index contributed by atoms with van der Waals surface area (Å²) in [4.78, 5) is 62.0. The smallest absolute Gasteiger partial charge is 0.354 e. The van der Waals surface area contributed by atoms with Crippen LogP contribution in [0.2, 0.25) is 0 Å². The van der Waals surface area contributed by atoms with Gasteiger partial charge in [-0.2, -0.15) is 0 Å². The summed E-state index contributed by atoms with van der Waals surface area (Å²) < 4.78 is 11.3. The van der Waals surface area contributed by atoms with Crippen LogP contribution in [-0.4, -0.2) is 52.8 Å². The number of amides is 2. The number of thiophene rings is 2. The minimum absolute atomic E-state index is 0.0977. The number of aromatic nitrogens is 2. The molecule has 6 rings (SSSR count). The number of fused-ring (bicyclic) bond motifs is 2. The Kier molecular flexibility index (Phi) is 6.20. The number of hydrogen-bond acceptors (Lipinski definition) is 8. The second kappa shape index (κ2) is 9.61. The molecule has 2 amide bonds. The van der Waals surface area contributed by atoms with Crippen LogP contribution in [0.15, 0.2) is 42.5 Å². The summed E-state index contributed by atoms with van der Waals surface area (Å²) in [6.45, 7) is 3.86. The highest BCUT2D eigenvalue weighted by Gasteiger charge is 2.43. The lowest BCUT2D eigenvalue weighted by Gasteiger charge is -2.15. The molecule has 0 radical (unpaired) electrons. The molecule has 0 atom stereocenters. The molecule has 40 heavy (non-hydrogen) atoms. The van der Waals surface area contributed by atoms with Crippen molar-refractivity contribution in [1.29, 1.82) is 0 Å². The van der Waals surface area contributed by atoms with Crippen LogP contribution in [0.4, 0.5) is 0 Å². The van der Waals surface area contributed by atoms with Crippen LogP contribution < -0.4 is 0 Å². The molecule has 0 fully saturated rings. The van der Waals surface area contributed by atoms with Gasteiger partial charge in [-0.05, 0) is 31.5 Å². The Labute approximate surface area is 236 Å². The number of nitrogens with zero attached hydrogens (tertiary/aromatic N) is 1. The van der Waals surface area contributed by atoms with Gasteiger partial charge in [0, 0.05) is 20.9 Å². The zero-order valence-corrected chi connectivity index (χ0v) is 23.6. The van der Waals surface area contributed by atoms with E-state index in [1.807, 2.05) is 44.2 Å². The number of nitrogens with one attached hydrogen (secondary N) is 2. The predicted molar refractivity (Wildman–Crippen MR) is 153 cm³/mol. The van der Waals surface area contributed by atoms with Gasteiger partial charge in [-0.15, -0.1) is 22.7 Å². The van der Waals surface area contributed by atoms with Crippen molar-refractivity contribution in [3.8, 4) is 0 Å². The molecule has 1 aromatic carbocycles. The van der Waals surface area contributed by atoms with Crippen LogP contribution >= 0.6 is 22.7 Å². The predicted octanol–water partition coefficient (Wildman–Crippen LogP) is 5.44. The van der Waals surface area contributed by atoms with E-state index >= 15 is 0 Å². The van der Waals surface area contributed by atoms with Crippen molar-refractivity contribution in [2.45, 2.75) is 20.4 Å². The van der Waals surface area contributed by atoms with Gasteiger partial charge in [0.05, 0.1) is 52.3 Å². The third-order valence-electron chi connectivity index (χ3n) is 6.96. The summed E-state index contributed by atoms with van der Waals surface area (Å²) in [5.41, 5.74) is 4.13. The largest absolute Gasteiger partial charge is 0.464 e. The zero-order chi connectivity index (χ0) is 28.3. The number of aromatic amines is 2. The fourth-order valence-corrected chi connectivity index (χ4v) is 7.31. The average Bonchev–Trinajstić information content (AvgIpc) is 3.72. The van der Waals surface area contributed by atoms with Gasteiger partial charge in [0.15, 0.2) is 0 Å². The van der Waals surface area contributed by atoms with E-state index in [4.69, 9.17) is 9.47 Å². The van der Waals surface area contributed by atoms with E-state index in [-0.39, 0.29) is 29.1 Å². The number of carbonyl (C=O) groups excluding carboxylic acids is 4. The summed E-state index contributed by atoms with van der Waals surface area (Å²) in [6.07, 6.45) is 0.